The Hall–Kier alpha value is -2.77. The first kappa shape index (κ1) is 18.0. The van der Waals surface area contributed by atoms with Gasteiger partial charge in [-0.3, -0.25) is 9.69 Å². The second-order valence-electron chi connectivity index (χ2n) is 6.64. The van der Waals surface area contributed by atoms with Crippen LogP contribution in [0.2, 0.25) is 0 Å². The van der Waals surface area contributed by atoms with E-state index in [4.69, 9.17) is 4.74 Å². The monoisotopic (exact) mass is 360 g/mol. The van der Waals surface area contributed by atoms with Crippen molar-refractivity contribution in [1.29, 1.82) is 0 Å². The average molecular weight is 360 g/mol. The van der Waals surface area contributed by atoms with Crippen molar-refractivity contribution in [2.45, 2.75) is 37.6 Å². The summed E-state index contributed by atoms with van der Waals surface area (Å²) in [5.74, 6) is 0.590. The van der Waals surface area contributed by atoms with Crippen molar-refractivity contribution in [3.8, 4) is 5.75 Å². The summed E-state index contributed by atoms with van der Waals surface area (Å²) in [7, 11) is 1.58. The fourth-order valence-corrected chi connectivity index (χ4v) is 3.49. The standard InChI is InChI=1S/C18H24N4O4/c1-26-14-7-5-13(6-8-14)20-16(24)19-11-4-12-22-15(23)18(21-17(22)25)9-2-3-10-18/h5-8H,2-4,9-12H2,1H3,(H,21,25)(H2,19,20,24). The molecule has 0 bridgehead atoms. The molecule has 8 nitrogen and oxygen atoms in total. The zero-order chi connectivity index (χ0) is 18.6. The van der Waals surface area contributed by atoms with Crippen LogP contribution in [0, 0.1) is 0 Å². The molecule has 0 radical (unpaired) electrons. The van der Waals surface area contributed by atoms with E-state index in [0.29, 0.717) is 30.9 Å². The molecular formula is C18H24N4O4. The van der Waals surface area contributed by atoms with Crippen LogP contribution in [-0.4, -0.2) is 48.6 Å². The van der Waals surface area contributed by atoms with Gasteiger partial charge in [-0.1, -0.05) is 12.8 Å². The van der Waals surface area contributed by atoms with Crippen molar-refractivity contribution in [2.75, 3.05) is 25.5 Å². The molecule has 3 N–H and O–H groups in total. The topological polar surface area (TPSA) is 99.8 Å². The predicted octanol–water partition coefficient (Wildman–Crippen LogP) is 2.07. The van der Waals surface area contributed by atoms with Gasteiger partial charge >= 0.3 is 12.1 Å². The number of amides is 5. The minimum atomic E-state index is -0.670. The largest absolute Gasteiger partial charge is 0.497 e. The van der Waals surface area contributed by atoms with Crippen molar-refractivity contribution >= 4 is 23.7 Å². The fraction of sp³-hybridized carbons (Fsp3) is 0.500. The summed E-state index contributed by atoms with van der Waals surface area (Å²) in [5, 5.41) is 8.29. The Morgan fingerprint density at radius 1 is 1.23 bits per heavy atom. The Morgan fingerprint density at radius 2 is 1.92 bits per heavy atom. The summed E-state index contributed by atoms with van der Waals surface area (Å²) in [5.41, 5.74) is -0.0171. The van der Waals surface area contributed by atoms with Gasteiger partial charge in [0, 0.05) is 18.8 Å². The van der Waals surface area contributed by atoms with Crippen molar-refractivity contribution in [3.63, 3.8) is 0 Å². The molecule has 0 unspecified atom stereocenters. The lowest BCUT2D eigenvalue weighted by molar-refractivity contribution is -0.131. The zero-order valence-corrected chi connectivity index (χ0v) is 14.8. The number of imide groups is 1. The van der Waals surface area contributed by atoms with Crippen LogP contribution < -0.4 is 20.7 Å². The van der Waals surface area contributed by atoms with E-state index in [-0.39, 0.29) is 18.0 Å². The average Bonchev–Trinajstić information content (AvgIpc) is 3.19. The second-order valence-corrected chi connectivity index (χ2v) is 6.64. The fourth-order valence-electron chi connectivity index (χ4n) is 3.49. The van der Waals surface area contributed by atoms with E-state index < -0.39 is 5.54 Å². The van der Waals surface area contributed by atoms with E-state index in [1.807, 2.05) is 0 Å². The minimum absolute atomic E-state index is 0.123. The predicted molar refractivity (Wildman–Crippen MR) is 96.1 cm³/mol. The summed E-state index contributed by atoms with van der Waals surface area (Å²) in [6.45, 7) is 0.668. The number of hydrogen-bond donors (Lipinski definition) is 3. The molecule has 1 heterocycles. The first-order chi connectivity index (χ1) is 12.5. The Kier molecular flexibility index (Phi) is 5.29. The second kappa shape index (κ2) is 7.63. The summed E-state index contributed by atoms with van der Waals surface area (Å²) in [4.78, 5) is 37.7. The molecule has 140 valence electrons. The highest BCUT2D eigenvalue weighted by atomic mass is 16.5. The van der Waals surface area contributed by atoms with Gasteiger partial charge in [-0.2, -0.15) is 0 Å². The van der Waals surface area contributed by atoms with Crippen molar-refractivity contribution < 1.29 is 19.1 Å². The van der Waals surface area contributed by atoms with Crippen LogP contribution >= 0.6 is 0 Å². The number of carbonyl (C=O) groups is 3. The van der Waals surface area contributed by atoms with Gasteiger partial charge in [-0.15, -0.1) is 0 Å². The normalized spacial score (nSPS) is 18.1. The number of methoxy groups -OCH3 is 1. The molecule has 3 rings (SSSR count). The molecule has 0 aromatic heterocycles. The smallest absolute Gasteiger partial charge is 0.325 e. The molecule has 0 atom stereocenters. The molecule has 1 aromatic rings. The van der Waals surface area contributed by atoms with Gasteiger partial charge in [-0.25, -0.2) is 9.59 Å². The summed E-state index contributed by atoms with van der Waals surface area (Å²) in [6.07, 6.45) is 3.87. The molecule has 8 heteroatoms. The van der Waals surface area contributed by atoms with Gasteiger partial charge in [0.2, 0.25) is 0 Å². The molecule has 2 aliphatic rings. The van der Waals surface area contributed by atoms with E-state index in [9.17, 15) is 14.4 Å². The maximum atomic E-state index is 12.5. The number of urea groups is 2. The van der Waals surface area contributed by atoms with Gasteiger partial charge in [0.15, 0.2) is 0 Å². The molecule has 1 spiro atoms. The number of carbonyl (C=O) groups excluding carboxylic acids is 3. The number of nitrogens with one attached hydrogen (secondary N) is 3. The maximum absolute atomic E-state index is 12.5. The van der Waals surface area contributed by atoms with E-state index in [1.54, 1.807) is 31.4 Å². The van der Waals surface area contributed by atoms with Gasteiger partial charge in [0.05, 0.1) is 7.11 Å². The third-order valence-corrected chi connectivity index (χ3v) is 4.89. The van der Waals surface area contributed by atoms with E-state index >= 15 is 0 Å². The van der Waals surface area contributed by atoms with Crippen LogP contribution in [0.15, 0.2) is 24.3 Å². The molecule has 5 amide bonds. The van der Waals surface area contributed by atoms with Gasteiger partial charge in [0.25, 0.3) is 5.91 Å². The molecule has 2 fully saturated rings. The molecule has 26 heavy (non-hydrogen) atoms. The van der Waals surface area contributed by atoms with Crippen LogP contribution in [0.4, 0.5) is 15.3 Å². The highest BCUT2D eigenvalue weighted by Gasteiger charge is 2.51. The van der Waals surface area contributed by atoms with Gasteiger partial charge in [0.1, 0.15) is 11.3 Å². The number of rotatable bonds is 6. The van der Waals surface area contributed by atoms with Crippen LogP contribution in [0.1, 0.15) is 32.1 Å². The van der Waals surface area contributed by atoms with Crippen LogP contribution in [-0.2, 0) is 4.79 Å². The highest BCUT2D eigenvalue weighted by molar-refractivity contribution is 6.07. The SMILES string of the molecule is COc1ccc(NC(=O)NCCCN2C(=O)NC3(CCCC3)C2=O)cc1. The van der Waals surface area contributed by atoms with Gasteiger partial charge in [-0.05, 0) is 43.5 Å². The third kappa shape index (κ3) is 3.74. The van der Waals surface area contributed by atoms with Crippen molar-refractivity contribution in [3.05, 3.63) is 24.3 Å². The first-order valence-electron chi connectivity index (χ1n) is 8.87. The lowest BCUT2D eigenvalue weighted by atomic mass is 9.98. The highest BCUT2D eigenvalue weighted by Crippen LogP contribution is 2.34. The van der Waals surface area contributed by atoms with Crippen LogP contribution in [0.3, 0.4) is 0 Å². The van der Waals surface area contributed by atoms with Crippen molar-refractivity contribution in [2.24, 2.45) is 0 Å². The Balaban J connectivity index is 1.40. The molecular weight excluding hydrogens is 336 g/mol. The molecule has 1 saturated heterocycles. The van der Waals surface area contributed by atoms with E-state index in [2.05, 4.69) is 16.0 Å². The summed E-state index contributed by atoms with van der Waals surface area (Å²) >= 11 is 0. The number of ether oxygens (including phenoxy) is 1. The van der Waals surface area contributed by atoms with E-state index in [1.165, 1.54) is 4.90 Å². The number of anilines is 1. The van der Waals surface area contributed by atoms with Crippen LogP contribution in [0.5, 0.6) is 5.75 Å². The van der Waals surface area contributed by atoms with Crippen LogP contribution in [0.25, 0.3) is 0 Å². The third-order valence-electron chi connectivity index (χ3n) is 4.89. The lowest BCUT2D eigenvalue weighted by Crippen LogP contribution is -2.44. The minimum Gasteiger partial charge on any atom is -0.497 e. The maximum Gasteiger partial charge on any atom is 0.325 e. The molecule has 1 aliphatic carbocycles. The molecule has 1 aromatic carbocycles. The first-order valence-corrected chi connectivity index (χ1v) is 8.87. The van der Waals surface area contributed by atoms with E-state index in [0.717, 1.165) is 25.7 Å². The van der Waals surface area contributed by atoms with Gasteiger partial charge < -0.3 is 20.7 Å². The Bertz CT molecular complexity index is 683. The molecule has 1 saturated carbocycles. The molecule has 1 aliphatic heterocycles. The Morgan fingerprint density at radius 3 is 2.58 bits per heavy atom. The van der Waals surface area contributed by atoms with Crippen molar-refractivity contribution in [1.82, 2.24) is 15.5 Å². The summed E-state index contributed by atoms with van der Waals surface area (Å²) < 4.78 is 5.06. The Labute approximate surface area is 152 Å². The number of benzene rings is 1. The number of hydrogen-bond acceptors (Lipinski definition) is 4. The lowest BCUT2D eigenvalue weighted by Gasteiger charge is -2.20. The quantitative estimate of drug-likeness (QED) is 0.534. The number of nitrogens with zero attached hydrogens (tertiary/aromatic N) is 1. The zero-order valence-electron chi connectivity index (χ0n) is 14.8. The summed E-state index contributed by atoms with van der Waals surface area (Å²) in [6, 6.07) is 6.34.